The first kappa shape index (κ1) is 9.18. The van der Waals surface area contributed by atoms with Crippen LogP contribution in [0.1, 0.15) is 30.1 Å². The quantitative estimate of drug-likeness (QED) is 0.702. The van der Waals surface area contributed by atoms with Gasteiger partial charge in [-0.3, -0.25) is 4.68 Å². The van der Waals surface area contributed by atoms with E-state index in [4.69, 9.17) is 10.5 Å². The molecule has 0 amide bonds. The summed E-state index contributed by atoms with van der Waals surface area (Å²) in [6.45, 7) is 3.44. The number of nitrogens with zero attached hydrogens (tertiary/aromatic N) is 2. The molecule has 0 aliphatic carbocycles. The molecule has 1 aromatic heterocycles. The first-order valence-corrected chi connectivity index (χ1v) is 5.50. The lowest BCUT2D eigenvalue weighted by atomic mass is 10.1. The highest BCUT2D eigenvalue weighted by Crippen LogP contribution is 2.28. The van der Waals surface area contributed by atoms with Crippen molar-refractivity contribution >= 4 is 5.82 Å². The van der Waals surface area contributed by atoms with Crippen LogP contribution in [-0.4, -0.2) is 23.0 Å². The van der Waals surface area contributed by atoms with Gasteiger partial charge in [-0.25, -0.2) is 0 Å². The average molecular weight is 208 g/mol. The van der Waals surface area contributed by atoms with Crippen molar-refractivity contribution in [3.05, 3.63) is 11.3 Å². The molecule has 0 radical (unpaired) electrons. The Morgan fingerprint density at radius 1 is 1.33 bits per heavy atom. The second-order valence-corrected chi connectivity index (χ2v) is 4.20. The van der Waals surface area contributed by atoms with Crippen LogP contribution >= 0.6 is 0 Å². The third-order valence-electron chi connectivity index (χ3n) is 3.28. The number of nitrogens with two attached hydrogens (primary N) is 1. The standard InChI is InChI=1S/C10H16N4O/c11-10-8-5-12-6-9(8)14(13-10)7-1-3-15-4-2-7/h7,12H,1-6H2,(H2,11,13). The van der Waals surface area contributed by atoms with Crippen LogP contribution in [0.15, 0.2) is 0 Å². The molecule has 3 rings (SSSR count). The van der Waals surface area contributed by atoms with E-state index in [2.05, 4.69) is 15.1 Å². The topological polar surface area (TPSA) is 65.1 Å². The van der Waals surface area contributed by atoms with Crippen molar-refractivity contribution in [1.82, 2.24) is 15.1 Å². The van der Waals surface area contributed by atoms with Gasteiger partial charge in [0.2, 0.25) is 0 Å². The zero-order valence-corrected chi connectivity index (χ0v) is 8.70. The Bertz CT molecular complexity index is 368. The van der Waals surface area contributed by atoms with Crippen molar-refractivity contribution in [2.75, 3.05) is 18.9 Å². The molecule has 3 heterocycles. The van der Waals surface area contributed by atoms with E-state index in [0.29, 0.717) is 11.9 Å². The Hall–Kier alpha value is -1.07. The molecule has 1 aromatic rings. The van der Waals surface area contributed by atoms with Crippen LogP contribution in [0.4, 0.5) is 5.82 Å². The molecule has 15 heavy (non-hydrogen) atoms. The number of anilines is 1. The maximum Gasteiger partial charge on any atom is 0.150 e. The van der Waals surface area contributed by atoms with E-state index in [1.807, 2.05) is 0 Å². The van der Waals surface area contributed by atoms with Gasteiger partial charge in [-0.05, 0) is 12.8 Å². The number of rotatable bonds is 1. The Morgan fingerprint density at radius 3 is 2.93 bits per heavy atom. The monoisotopic (exact) mass is 208 g/mol. The van der Waals surface area contributed by atoms with Gasteiger partial charge >= 0.3 is 0 Å². The maximum absolute atomic E-state index is 5.90. The molecular weight excluding hydrogens is 192 g/mol. The van der Waals surface area contributed by atoms with Gasteiger partial charge in [-0.1, -0.05) is 0 Å². The molecule has 2 aliphatic rings. The van der Waals surface area contributed by atoms with E-state index >= 15 is 0 Å². The molecule has 0 atom stereocenters. The van der Waals surface area contributed by atoms with E-state index in [0.717, 1.165) is 39.1 Å². The summed E-state index contributed by atoms with van der Waals surface area (Å²) >= 11 is 0. The number of nitrogen functional groups attached to an aromatic ring is 1. The third kappa shape index (κ3) is 1.42. The van der Waals surface area contributed by atoms with Crippen LogP contribution in [-0.2, 0) is 17.8 Å². The van der Waals surface area contributed by atoms with Gasteiger partial charge in [0.25, 0.3) is 0 Å². The lowest BCUT2D eigenvalue weighted by Crippen LogP contribution is -2.22. The second kappa shape index (κ2) is 3.50. The highest BCUT2D eigenvalue weighted by molar-refractivity contribution is 5.44. The van der Waals surface area contributed by atoms with Crippen molar-refractivity contribution in [3.63, 3.8) is 0 Å². The highest BCUT2D eigenvalue weighted by atomic mass is 16.5. The zero-order valence-electron chi connectivity index (χ0n) is 8.70. The zero-order chi connectivity index (χ0) is 10.3. The molecule has 0 aromatic carbocycles. The summed E-state index contributed by atoms with van der Waals surface area (Å²) in [7, 11) is 0. The maximum atomic E-state index is 5.90. The van der Waals surface area contributed by atoms with Gasteiger partial charge < -0.3 is 15.8 Å². The van der Waals surface area contributed by atoms with E-state index in [-0.39, 0.29) is 0 Å². The van der Waals surface area contributed by atoms with Crippen LogP contribution in [0.25, 0.3) is 0 Å². The number of nitrogens with one attached hydrogen (secondary N) is 1. The predicted molar refractivity (Wildman–Crippen MR) is 56.3 cm³/mol. The Morgan fingerprint density at radius 2 is 2.13 bits per heavy atom. The molecule has 1 saturated heterocycles. The van der Waals surface area contributed by atoms with Crippen molar-refractivity contribution in [2.45, 2.75) is 32.0 Å². The minimum atomic E-state index is 0.477. The molecule has 5 heteroatoms. The van der Waals surface area contributed by atoms with E-state index in [9.17, 15) is 0 Å². The summed E-state index contributed by atoms with van der Waals surface area (Å²) in [6.07, 6.45) is 2.10. The van der Waals surface area contributed by atoms with Gasteiger partial charge in [0.15, 0.2) is 0 Å². The van der Waals surface area contributed by atoms with Crippen molar-refractivity contribution in [2.24, 2.45) is 0 Å². The highest BCUT2D eigenvalue weighted by Gasteiger charge is 2.25. The first-order chi connectivity index (χ1) is 7.36. The van der Waals surface area contributed by atoms with Crippen LogP contribution in [0.5, 0.6) is 0 Å². The number of fused-ring (bicyclic) bond motifs is 1. The Labute approximate surface area is 88.6 Å². The summed E-state index contributed by atoms with van der Waals surface area (Å²) in [5.41, 5.74) is 8.37. The first-order valence-electron chi connectivity index (χ1n) is 5.50. The SMILES string of the molecule is Nc1nn(C2CCOCC2)c2c1CNC2. The van der Waals surface area contributed by atoms with Crippen LogP contribution < -0.4 is 11.1 Å². The van der Waals surface area contributed by atoms with Gasteiger partial charge in [0.05, 0.1) is 11.7 Å². The van der Waals surface area contributed by atoms with Crippen molar-refractivity contribution < 1.29 is 4.74 Å². The smallest absolute Gasteiger partial charge is 0.150 e. The van der Waals surface area contributed by atoms with E-state index < -0.39 is 0 Å². The second-order valence-electron chi connectivity index (χ2n) is 4.20. The summed E-state index contributed by atoms with van der Waals surface area (Å²) in [6, 6.07) is 0.477. The molecule has 0 unspecified atom stereocenters. The number of hydrogen-bond acceptors (Lipinski definition) is 4. The fourth-order valence-electron chi connectivity index (χ4n) is 2.44. The van der Waals surface area contributed by atoms with Gasteiger partial charge in [-0.2, -0.15) is 5.10 Å². The van der Waals surface area contributed by atoms with Crippen molar-refractivity contribution in [1.29, 1.82) is 0 Å². The Balaban J connectivity index is 1.93. The molecule has 0 spiro atoms. The number of hydrogen-bond donors (Lipinski definition) is 2. The number of ether oxygens (including phenoxy) is 1. The molecule has 5 nitrogen and oxygen atoms in total. The van der Waals surface area contributed by atoms with Crippen LogP contribution in [0.2, 0.25) is 0 Å². The molecule has 0 bridgehead atoms. The fourth-order valence-corrected chi connectivity index (χ4v) is 2.44. The van der Waals surface area contributed by atoms with Gasteiger partial charge in [0, 0.05) is 31.9 Å². The Kier molecular flexibility index (Phi) is 2.14. The van der Waals surface area contributed by atoms with Crippen LogP contribution in [0, 0.1) is 0 Å². The third-order valence-corrected chi connectivity index (χ3v) is 3.28. The summed E-state index contributed by atoms with van der Waals surface area (Å²) in [4.78, 5) is 0. The lowest BCUT2D eigenvalue weighted by Gasteiger charge is -2.23. The lowest BCUT2D eigenvalue weighted by molar-refractivity contribution is 0.0655. The predicted octanol–water partition coefficient (Wildman–Crippen LogP) is 0.420. The molecule has 1 fully saturated rings. The van der Waals surface area contributed by atoms with E-state index in [1.165, 1.54) is 11.3 Å². The molecule has 3 N–H and O–H groups in total. The largest absolute Gasteiger partial charge is 0.382 e. The molecule has 2 aliphatic heterocycles. The van der Waals surface area contributed by atoms with Gasteiger partial charge in [-0.15, -0.1) is 0 Å². The van der Waals surface area contributed by atoms with Crippen LogP contribution in [0.3, 0.4) is 0 Å². The minimum absolute atomic E-state index is 0.477. The molecule has 0 saturated carbocycles. The van der Waals surface area contributed by atoms with Gasteiger partial charge in [0.1, 0.15) is 5.82 Å². The van der Waals surface area contributed by atoms with E-state index in [1.54, 1.807) is 0 Å². The molecule has 82 valence electrons. The summed E-state index contributed by atoms with van der Waals surface area (Å²) < 4.78 is 7.48. The average Bonchev–Trinajstić information content (AvgIpc) is 2.84. The fraction of sp³-hybridized carbons (Fsp3) is 0.700. The normalized spacial score (nSPS) is 21.9. The number of aromatic nitrogens is 2. The summed E-state index contributed by atoms with van der Waals surface area (Å²) in [5, 5.41) is 7.77. The van der Waals surface area contributed by atoms with Crippen molar-refractivity contribution in [3.8, 4) is 0 Å². The minimum Gasteiger partial charge on any atom is -0.382 e. The summed E-state index contributed by atoms with van der Waals surface area (Å²) in [5.74, 6) is 0.696. The molecular formula is C10H16N4O.